The van der Waals surface area contributed by atoms with Crippen molar-refractivity contribution < 1.29 is 24.5 Å². The van der Waals surface area contributed by atoms with E-state index in [1.807, 2.05) is 0 Å². The zero-order valence-electron chi connectivity index (χ0n) is 9.36. The Kier molecular flexibility index (Phi) is 3.19. The van der Waals surface area contributed by atoms with Crippen molar-refractivity contribution in [2.75, 3.05) is 0 Å². The molecule has 0 saturated carbocycles. The number of aromatic amines is 1. The third kappa shape index (κ3) is 2.39. The van der Waals surface area contributed by atoms with Gasteiger partial charge < -0.3 is 19.7 Å². The summed E-state index contributed by atoms with van der Waals surface area (Å²) < 4.78 is 4.31. The van der Waals surface area contributed by atoms with E-state index in [9.17, 15) is 24.6 Å². The van der Waals surface area contributed by atoms with Crippen LogP contribution in [0.3, 0.4) is 0 Å². The number of aliphatic hydroxyl groups excluding tert-OH is 2. The van der Waals surface area contributed by atoms with Gasteiger partial charge in [0.1, 0.15) is 6.10 Å². The second-order valence-corrected chi connectivity index (χ2v) is 3.83. The Labute approximate surface area is 104 Å². The Balaban J connectivity index is 2.56. The van der Waals surface area contributed by atoms with Crippen LogP contribution in [-0.2, 0) is 4.79 Å². The summed E-state index contributed by atoms with van der Waals surface area (Å²) in [5.74, 6) is -2.52. The van der Waals surface area contributed by atoms with E-state index in [-0.39, 0.29) is 16.5 Å². The maximum atomic E-state index is 11.4. The molecule has 0 radical (unpaired) electrons. The van der Waals surface area contributed by atoms with Gasteiger partial charge in [0, 0.05) is 0 Å². The topological polar surface area (TPSA) is 141 Å². The zero-order valence-corrected chi connectivity index (χ0v) is 9.36. The first-order chi connectivity index (χ1) is 8.90. The van der Waals surface area contributed by atoms with Crippen molar-refractivity contribution in [2.24, 2.45) is 0 Å². The van der Waals surface area contributed by atoms with Gasteiger partial charge in [0.25, 0.3) is 0 Å². The number of carboxylic acid groups (broad SMARTS) is 1. The number of hydrogen-bond donors (Lipinski definition) is 4. The lowest BCUT2D eigenvalue weighted by molar-refractivity contribution is -0.153. The summed E-state index contributed by atoms with van der Waals surface area (Å²) in [5.41, 5.74) is -0.721. The number of hydrogen-bond acceptors (Lipinski definition) is 6. The lowest BCUT2D eigenvalue weighted by atomic mass is 10.0. The number of rotatable bonds is 3. The fourth-order valence-electron chi connectivity index (χ4n) is 1.62. The standard InChI is InChI=1S/C11H9NO7/c13-7(8(14)9(15)16)4-1-2-6-5(3-4)10(17)19-11(18)12-6/h1-3,7-8,13-14H,(H,12,18)(H,15,16). The summed E-state index contributed by atoms with van der Waals surface area (Å²) in [6.07, 6.45) is -3.72. The van der Waals surface area contributed by atoms with Gasteiger partial charge in [-0.1, -0.05) is 6.07 Å². The van der Waals surface area contributed by atoms with Crippen LogP contribution in [0, 0.1) is 0 Å². The SMILES string of the molecule is O=C(O)C(O)C(O)c1ccc2[nH]c(=O)oc(=O)c2c1. The highest BCUT2D eigenvalue weighted by Crippen LogP contribution is 2.19. The molecule has 0 aliphatic rings. The third-order valence-electron chi connectivity index (χ3n) is 2.58. The number of nitrogens with one attached hydrogen (secondary N) is 1. The molecular weight excluding hydrogens is 258 g/mol. The van der Waals surface area contributed by atoms with Crippen LogP contribution in [0.1, 0.15) is 11.7 Å². The Morgan fingerprint density at radius 3 is 2.58 bits per heavy atom. The number of H-pyrrole nitrogens is 1. The normalized spacial score (nSPS) is 14.2. The van der Waals surface area contributed by atoms with E-state index in [2.05, 4.69) is 9.40 Å². The largest absolute Gasteiger partial charge is 0.479 e. The number of fused-ring (bicyclic) bond motifs is 1. The Morgan fingerprint density at radius 2 is 1.95 bits per heavy atom. The highest BCUT2D eigenvalue weighted by Gasteiger charge is 2.25. The average molecular weight is 267 g/mol. The number of carboxylic acids is 1. The summed E-state index contributed by atoms with van der Waals surface area (Å²) in [7, 11) is 0. The van der Waals surface area contributed by atoms with Crippen molar-refractivity contribution in [1.29, 1.82) is 0 Å². The van der Waals surface area contributed by atoms with Crippen molar-refractivity contribution in [3.05, 3.63) is 44.7 Å². The molecule has 1 heterocycles. The van der Waals surface area contributed by atoms with Crippen LogP contribution < -0.4 is 11.4 Å². The smallest absolute Gasteiger partial charge is 0.419 e. The molecule has 2 unspecified atom stereocenters. The van der Waals surface area contributed by atoms with E-state index >= 15 is 0 Å². The van der Waals surface area contributed by atoms with E-state index < -0.39 is 29.6 Å². The molecule has 0 bridgehead atoms. The van der Waals surface area contributed by atoms with Gasteiger partial charge in [-0.2, -0.15) is 0 Å². The van der Waals surface area contributed by atoms with Crippen LogP contribution in [-0.4, -0.2) is 32.4 Å². The van der Waals surface area contributed by atoms with Crippen molar-refractivity contribution in [1.82, 2.24) is 4.98 Å². The first-order valence-corrected chi connectivity index (χ1v) is 5.16. The lowest BCUT2D eigenvalue weighted by Gasteiger charge is -2.14. The lowest BCUT2D eigenvalue weighted by Crippen LogP contribution is -2.27. The van der Waals surface area contributed by atoms with Gasteiger partial charge in [0.2, 0.25) is 0 Å². The van der Waals surface area contributed by atoms with Gasteiger partial charge in [-0.05, 0) is 17.7 Å². The van der Waals surface area contributed by atoms with Crippen molar-refractivity contribution >= 4 is 16.9 Å². The monoisotopic (exact) mass is 267 g/mol. The van der Waals surface area contributed by atoms with Crippen LogP contribution in [0.25, 0.3) is 10.9 Å². The van der Waals surface area contributed by atoms with Gasteiger partial charge in [0.05, 0.1) is 10.9 Å². The summed E-state index contributed by atoms with van der Waals surface area (Å²) in [4.78, 5) is 35.2. The zero-order chi connectivity index (χ0) is 14.2. The molecule has 2 aromatic rings. The predicted molar refractivity (Wildman–Crippen MR) is 61.7 cm³/mol. The molecule has 0 aliphatic carbocycles. The first-order valence-electron chi connectivity index (χ1n) is 5.16. The van der Waals surface area contributed by atoms with Gasteiger partial charge in [-0.15, -0.1) is 0 Å². The second kappa shape index (κ2) is 4.67. The Morgan fingerprint density at radius 1 is 1.26 bits per heavy atom. The van der Waals surface area contributed by atoms with Crippen molar-refractivity contribution in [3.63, 3.8) is 0 Å². The molecule has 0 saturated heterocycles. The maximum absolute atomic E-state index is 11.4. The molecule has 4 N–H and O–H groups in total. The fourth-order valence-corrected chi connectivity index (χ4v) is 1.62. The van der Waals surface area contributed by atoms with E-state index in [4.69, 9.17) is 5.11 Å². The van der Waals surface area contributed by atoms with Gasteiger partial charge >= 0.3 is 17.4 Å². The van der Waals surface area contributed by atoms with Crippen molar-refractivity contribution in [2.45, 2.75) is 12.2 Å². The number of aliphatic hydroxyl groups is 2. The number of aromatic nitrogens is 1. The predicted octanol–water partition coefficient (Wildman–Crippen LogP) is -1.04. The summed E-state index contributed by atoms with van der Waals surface area (Å²) >= 11 is 0. The van der Waals surface area contributed by atoms with E-state index in [1.54, 1.807) is 0 Å². The van der Waals surface area contributed by atoms with Crippen LogP contribution in [0.15, 0.2) is 32.2 Å². The molecule has 1 aromatic carbocycles. The molecule has 19 heavy (non-hydrogen) atoms. The third-order valence-corrected chi connectivity index (χ3v) is 2.58. The van der Waals surface area contributed by atoms with Crippen LogP contribution >= 0.6 is 0 Å². The molecule has 0 amide bonds. The van der Waals surface area contributed by atoms with Crippen LogP contribution in [0.2, 0.25) is 0 Å². The minimum absolute atomic E-state index is 0.0155. The molecular formula is C11H9NO7. The quantitative estimate of drug-likeness (QED) is 0.556. The Bertz CT molecular complexity index is 745. The molecule has 100 valence electrons. The molecule has 0 fully saturated rings. The average Bonchev–Trinajstić information content (AvgIpc) is 2.36. The van der Waals surface area contributed by atoms with Gasteiger partial charge in [-0.25, -0.2) is 14.4 Å². The minimum Gasteiger partial charge on any atom is -0.479 e. The van der Waals surface area contributed by atoms with E-state index in [0.717, 1.165) is 6.07 Å². The summed E-state index contributed by atoms with van der Waals surface area (Å²) in [5, 5.41) is 27.4. The van der Waals surface area contributed by atoms with Crippen molar-refractivity contribution in [3.8, 4) is 0 Å². The van der Waals surface area contributed by atoms with E-state index in [0.29, 0.717) is 0 Å². The number of carbonyl (C=O) groups is 1. The highest BCUT2D eigenvalue weighted by molar-refractivity contribution is 5.78. The second-order valence-electron chi connectivity index (χ2n) is 3.83. The Hall–Kier alpha value is -2.45. The molecule has 1 aromatic heterocycles. The number of aliphatic carboxylic acids is 1. The number of benzene rings is 1. The first kappa shape index (κ1) is 13.0. The van der Waals surface area contributed by atoms with Gasteiger partial charge in [0.15, 0.2) is 6.10 Å². The minimum atomic E-state index is -2.02. The van der Waals surface area contributed by atoms with Gasteiger partial charge in [-0.3, -0.25) is 4.98 Å². The highest BCUT2D eigenvalue weighted by atomic mass is 16.4. The van der Waals surface area contributed by atoms with Crippen LogP contribution in [0.4, 0.5) is 0 Å². The molecule has 0 spiro atoms. The molecule has 8 heteroatoms. The van der Waals surface area contributed by atoms with Crippen LogP contribution in [0.5, 0.6) is 0 Å². The summed E-state index contributed by atoms with van der Waals surface area (Å²) in [6, 6.07) is 3.74. The summed E-state index contributed by atoms with van der Waals surface area (Å²) in [6.45, 7) is 0. The van der Waals surface area contributed by atoms with E-state index in [1.165, 1.54) is 12.1 Å². The fraction of sp³-hybridized carbons (Fsp3) is 0.182. The molecule has 0 aliphatic heterocycles. The maximum Gasteiger partial charge on any atom is 0.419 e. The molecule has 2 rings (SSSR count). The molecule has 8 nitrogen and oxygen atoms in total. The molecule has 2 atom stereocenters.